The first-order valence-corrected chi connectivity index (χ1v) is 24.8. The van der Waals surface area contributed by atoms with Gasteiger partial charge >= 0.3 is 0 Å². The van der Waals surface area contributed by atoms with Gasteiger partial charge in [-0.15, -0.1) is 11.3 Å². The van der Waals surface area contributed by atoms with Crippen molar-refractivity contribution in [2.24, 2.45) is 0 Å². The molecule has 0 atom stereocenters. The number of aryl methyl sites for hydroxylation is 1. The van der Waals surface area contributed by atoms with E-state index in [1.54, 1.807) is 16.0 Å². The Balaban J connectivity index is 0.000000153. The molecule has 0 aliphatic heterocycles. The van der Waals surface area contributed by atoms with Crippen molar-refractivity contribution in [1.82, 2.24) is 4.57 Å². The molecule has 0 unspecified atom stereocenters. The number of thiophene rings is 1. The van der Waals surface area contributed by atoms with E-state index in [4.69, 9.17) is 0 Å². The number of rotatable bonds is 2. The fourth-order valence-corrected chi connectivity index (χ4v) is 13.6. The molecule has 0 amide bonds. The highest BCUT2D eigenvalue weighted by molar-refractivity contribution is 7.19. The second-order valence-corrected chi connectivity index (χ2v) is 21.5. The smallest absolute Gasteiger partial charge is 0.0543 e. The maximum absolute atomic E-state index is 2.50. The van der Waals surface area contributed by atoms with Crippen LogP contribution in [0.25, 0.3) is 77.8 Å². The van der Waals surface area contributed by atoms with Gasteiger partial charge in [-0.25, -0.2) is 0 Å². The highest BCUT2D eigenvalue weighted by atomic mass is 32.1. The summed E-state index contributed by atoms with van der Waals surface area (Å²) in [6, 6.07) is 43.7. The van der Waals surface area contributed by atoms with Gasteiger partial charge in [0.2, 0.25) is 0 Å². The quantitative estimate of drug-likeness (QED) is 0.163. The van der Waals surface area contributed by atoms with Crippen LogP contribution in [0.3, 0.4) is 0 Å². The average molecular weight is 868 g/mol. The van der Waals surface area contributed by atoms with Crippen LogP contribution in [-0.2, 0) is 30.1 Å². The number of hydrogen-bond donors (Lipinski definition) is 0. The number of nitrogens with zero attached hydrogens (tertiary/aromatic N) is 1. The van der Waals surface area contributed by atoms with Crippen LogP contribution in [0.5, 0.6) is 0 Å². The largest absolute Gasteiger partial charge is 0.310 e. The van der Waals surface area contributed by atoms with Gasteiger partial charge in [0, 0.05) is 36.9 Å². The molecule has 0 N–H and O–H groups in total. The summed E-state index contributed by atoms with van der Waals surface area (Å²) in [5.74, 6) is 0. The molecule has 0 saturated heterocycles. The Morgan fingerprint density at radius 2 is 1.41 bits per heavy atom. The molecule has 2 heteroatoms. The minimum absolute atomic E-state index is 0.0366. The Morgan fingerprint density at radius 1 is 0.621 bits per heavy atom. The molecule has 6 aliphatic rings. The van der Waals surface area contributed by atoms with Crippen molar-refractivity contribution in [2.75, 3.05) is 0 Å². The van der Waals surface area contributed by atoms with E-state index < -0.39 is 0 Å². The van der Waals surface area contributed by atoms with E-state index >= 15 is 0 Å². The highest BCUT2D eigenvalue weighted by Crippen LogP contribution is 2.53. The average Bonchev–Trinajstić information content (AvgIpc) is 3.94. The third kappa shape index (κ3) is 5.90. The van der Waals surface area contributed by atoms with Gasteiger partial charge in [0.05, 0.1) is 11.2 Å². The molecule has 0 fully saturated rings. The zero-order valence-electron chi connectivity index (χ0n) is 38.6. The third-order valence-corrected chi connectivity index (χ3v) is 17.0. The summed E-state index contributed by atoms with van der Waals surface area (Å²) in [7, 11) is 0. The predicted octanol–water partition coefficient (Wildman–Crippen LogP) is 17.1. The van der Waals surface area contributed by atoms with Crippen molar-refractivity contribution in [1.29, 1.82) is 0 Å². The van der Waals surface area contributed by atoms with Crippen molar-refractivity contribution >= 4 is 50.1 Å². The molecule has 0 radical (unpaired) electrons. The topological polar surface area (TPSA) is 4.93 Å². The summed E-state index contributed by atoms with van der Waals surface area (Å²) in [5.41, 5.74) is 27.8. The minimum atomic E-state index is -0.0366. The van der Waals surface area contributed by atoms with Gasteiger partial charge in [0.15, 0.2) is 0 Å². The van der Waals surface area contributed by atoms with Crippen LogP contribution in [0.4, 0.5) is 0 Å². The van der Waals surface area contributed by atoms with Crippen molar-refractivity contribution in [3.8, 4) is 39.1 Å². The maximum Gasteiger partial charge on any atom is 0.0543 e. The van der Waals surface area contributed by atoms with Gasteiger partial charge in [0.25, 0.3) is 0 Å². The van der Waals surface area contributed by atoms with Gasteiger partial charge in [-0.2, -0.15) is 0 Å². The monoisotopic (exact) mass is 867 g/mol. The van der Waals surface area contributed by atoms with E-state index in [9.17, 15) is 0 Å². The van der Waals surface area contributed by atoms with Gasteiger partial charge in [-0.3, -0.25) is 0 Å². The Morgan fingerprint density at radius 3 is 2.32 bits per heavy atom. The molecule has 14 rings (SSSR count). The standard InChI is InChI=1S/C41H31N.C23H22S/c1-41(2)37-14-9-8-12-32(37)33-21-19-30(25-38(33)41)42-39-15-5-3-4-13-34(39)35-20-18-27(24-40(35)42)26-16-17-29-22-28-10-6-7-11-31(28)36(29)23-26;1-14-8-9-15-13-16(12-14)23(2,3)22-17(15)10-11-20-21(22)18-6-4-5-7-19(18)24-20/h3-12,14-21,23-25H,13,22H2,1-2H3;4,6,8-12H,5,7,13H2,1-3H3. The molecular weight excluding hydrogens is 815 g/mol. The van der Waals surface area contributed by atoms with Gasteiger partial charge < -0.3 is 4.57 Å². The fourth-order valence-electron chi connectivity index (χ4n) is 12.3. The SMILES string of the molecule is CC1(C)c2ccccc2-c2ccc(-n3c4c(c5ccc(-c6ccc7c(c6)-c6ccccc6C7)cc53)CC=CC=C4)cc21.CC1=CC=C2CC(=C1)C(C)(C)c1c2ccc2sc3c(c12)C=CCC3. The first-order valence-electron chi connectivity index (χ1n) is 23.9. The van der Waals surface area contributed by atoms with Crippen LogP contribution in [0.1, 0.15) is 103 Å². The molecular formula is C64H53NS. The van der Waals surface area contributed by atoms with Crippen molar-refractivity contribution in [3.05, 3.63) is 224 Å². The second-order valence-electron chi connectivity index (χ2n) is 20.3. The lowest BCUT2D eigenvalue weighted by Gasteiger charge is -2.37. The molecule has 0 saturated carbocycles. The minimum Gasteiger partial charge on any atom is -0.310 e. The molecule has 320 valence electrons. The van der Waals surface area contributed by atoms with Gasteiger partial charge in [0.1, 0.15) is 0 Å². The van der Waals surface area contributed by atoms with E-state index in [-0.39, 0.29) is 10.8 Å². The first-order chi connectivity index (χ1) is 32.1. The summed E-state index contributed by atoms with van der Waals surface area (Å²) < 4.78 is 3.96. The van der Waals surface area contributed by atoms with Crippen molar-refractivity contribution in [2.45, 2.75) is 77.6 Å². The van der Waals surface area contributed by atoms with Crippen molar-refractivity contribution < 1.29 is 0 Å². The van der Waals surface area contributed by atoms with Crippen LogP contribution < -0.4 is 0 Å². The fraction of sp³-hybridized carbons (Fsp3) is 0.188. The Kier molecular flexibility index (Phi) is 8.78. The first kappa shape index (κ1) is 39.6. The van der Waals surface area contributed by atoms with E-state index in [0.717, 1.165) is 19.3 Å². The highest BCUT2D eigenvalue weighted by Gasteiger charge is 2.38. The summed E-state index contributed by atoms with van der Waals surface area (Å²) in [5, 5.41) is 2.85. The Bertz CT molecular complexity index is 3610. The lowest BCUT2D eigenvalue weighted by molar-refractivity contribution is 0.603. The van der Waals surface area contributed by atoms with E-state index in [2.05, 4.69) is 209 Å². The number of allylic oxidation sites excluding steroid dienone is 10. The number of hydrogen-bond acceptors (Lipinski definition) is 1. The molecule has 6 aromatic carbocycles. The zero-order chi connectivity index (χ0) is 44.5. The summed E-state index contributed by atoms with van der Waals surface area (Å²) in [6.07, 6.45) is 26.1. The summed E-state index contributed by atoms with van der Waals surface area (Å²) >= 11 is 2.00. The predicted molar refractivity (Wildman–Crippen MR) is 283 cm³/mol. The zero-order valence-corrected chi connectivity index (χ0v) is 39.4. The van der Waals surface area contributed by atoms with E-state index in [1.807, 2.05) is 11.3 Å². The molecule has 1 nitrogen and oxygen atoms in total. The van der Waals surface area contributed by atoms with E-state index in [1.165, 1.54) is 129 Å². The van der Waals surface area contributed by atoms with Crippen molar-refractivity contribution in [3.63, 3.8) is 0 Å². The van der Waals surface area contributed by atoms with Gasteiger partial charge in [-0.1, -0.05) is 172 Å². The lowest BCUT2D eigenvalue weighted by Crippen LogP contribution is -2.26. The number of benzene rings is 6. The molecule has 8 aromatic rings. The normalized spacial score (nSPS) is 17.2. The number of aromatic nitrogens is 1. The second kappa shape index (κ2) is 14.6. The van der Waals surface area contributed by atoms with Crippen LogP contribution in [0.2, 0.25) is 0 Å². The molecule has 2 heterocycles. The van der Waals surface area contributed by atoms with E-state index in [0.29, 0.717) is 0 Å². The van der Waals surface area contributed by atoms with Gasteiger partial charge in [-0.05, 0) is 159 Å². The molecule has 2 bridgehead atoms. The molecule has 6 aliphatic carbocycles. The molecule has 2 aromatic heterocycles. The molecule has 66 heavy (non-hydrogen) atoms. The van der Waals surface area contributed by atoms with Crippen LogP contribution in [0, 0.1) is 0 Å². The molecule has 0 spiro atoms. The van der Waals surface area contributed by atoms with Crippen LogP contribution in [0.15, 0.2) is 169 Å². The lowest BCUT2D eigenvalue weighted by atomic mass is 9.66. The third-order valence-electron chi connectivity index (χ3n) is 15.8. The number of fused-ring (bicyclic) bond motifs is 17. The summed E-state index contributed by atoms with van der Waals surface area (Å²) in [6.45, 7) is 11.8. The summed E-state index contributed by atoms with van der Waals surface area (Å²) in [4.78, 5) is 1.57. The van der Waals surface area contributed by atoms with Crippen LogP contribution in [-0.4, -0.2) is 4.57 Å². The Hall–Kier alpha value is -6.74. The Labute approximate surface area is 393 Å². The van der Waals surface area contributed by atoms with Crippen LogP contribution >= 0.6 is 11.3 Å². The maximum atomic E-state index is 2.50.